The summed E-state index contributed by atoms with van der Waals surface area (Å²) < 4.78 is 11.4. The molecule has 0 bridgehead atoms. The fraction of sp³-hybridized carbons (Fsp3) is 0.174. The van der Waals surface area contributed by atoms with Gasteiger partial charge in [-0.3, -0.25) is 0 Å². The average molecular weight is 377 g/mol. The second kappa shape index (κ2) is 8.95. The molecular formula is C23H23NO4. The van der Waals surface area contributed by atoms with E-state index >= 15 is 0 Å². The van der Waals surface area contributed by atoms with E-state index in [4.69, 9.17) is 14.6 Å². The Hall–Kier alpha value is -3.47. The SMILES string of the molecule is COc1cc(CNc2ccc(C(=O)O)cc2)ccc1OCc1ccccc1C. The zero-order valence-corrected chi connectivity index (χ0v) is 15.9. The van der Waals surface area contributed by atoms with E-state index in [0.717, 1.165) is 16.8 Å². The predicted molar refractivity (Wildman–Crippen MR) is 109 cm³/mol. The lowest BCUT2D eigenvalue weighted by Crippen LogP contribution is -2.03. The van der Waals surface area contributed by atoms with Crippen molar-refractivity contribution >= 4 is 11.7 Å². The van der Waals surface area contributed by atoms with Gasteiger partial charge in [0.15, 0.2) is 11.5 Å². The summed E-state index contributed by atoms with van der Waals surface area (Å²) in [7, 11) is 1.62. The number of aryl methyl sites for hydroxylation is 1. The number of aromatic carboxylic acids is 1. The van der Waals surface area contributed by atoms with E-state index in [1.165, 1.54) is 5.56 Å². The summed E-state index contributed by atoms with van der Waals surface area (Å²) in [6, 6.07) is 20.6. The molecule has 0 amide bonds. The van der Waals surface area contributed by atoms with E-state index < -0.39 is 5.97 Å². The Morgan fingerprint density at radius 3 is 2.43 bits per heavy atom. The van der Waals surface area contributed by atoms with Crippen molar-refractivity contribution in [2.24, 2.45) is 0 Å². The molecule has 144 valence electrons. The van der Waals surface area contributed by atoms with Gasteiger partial charge in [0, 0.05) is 12.2 Å². The van der Waals surface area contributed by atoms with Crippen molar-refractivity contribution in [3.05, 3.63) is 89.0 Å². The molecule has 3 rings (SSSR count). The number of rotatable bonds is 8. The molecule has 0 saturated carbocycles. The van der Waals surface area contributed by atoms with Gasteiger partial charge in [0.2, 0.25) is 0 Å². The van der Waals surface area contributed by atoms with Gasteiger partial charge in [-0.05, 0) is 60.0 Å². The largest absolute Gasteiger partial charge is 0.493 e. The van der Waals surface area contributed by atoms with Gasteiger partial charge in [0.05, 0.1) is 12.7 Å². The molecule has 5 nitrogen and oxygen atoms in total. The van der Waals surface area contributed by atoms with Gasteiger partial charge < -0.3 is 19.9 Å². The molecule has 28 heavy (non-hydrogen) atoms. The van der Waals surface area contributed by atoms with Crippen LogP contribution in [-0.4, -0.2) is 18.2 Å². The van der Waals surface area contributed by atoms with Crippen molar-refractivity contribution in [3.8, 4) is 11.5 Å². The Balaban J connectivity index is 1.63. The van der Waals surface area contributed by atoms with E-state index in [0.29, 0.717) is 24.7 Å². The van der Waals surface area contributed by atoms with Crippen LogP contribution in [0.1, 0.15) is 27.0 Å². The minimum absolute atomic E-state index is 0.266. The second-order valence-electron chi connectivity index (χ2n) is 6.44. The summed E-state index contributed by atoms with van der Waals surface area (Å²) >= 11 is 0. The highest BCUT2D eigenvalue weighted by Gasteiger charge is 2.08. The molecule has 0 aromatic heterocycles. The topological polar surface area (TPSA) is 67.8 Å². The van der Waals surface area contributed by atoms with Crippen LogP contribution >= 0.6 is 0 Å². The van der Waals surface area contributed by atoms with Gasteiger partial charge in [-0.2, -0.15) is 0 Å². The molecule has 0 atom stereocenters. The maximum atomic E-state index is 10.9. The van der Waals surface area contributed by atoms with Gasteiger partial charge >= 0.3 is 5.97 Å². The molecule has 0 unspecified atom stereocenters. The van der Waals surface area contributed by atoms with Crippen molar-refractivity contribution in [1.29, 1.82) is 0 Å². The minimum atomic E-state index is -0.933. The lowest BCUT2D eigenvalue weighted by Gasteiger charge is -2.14. The lowest BCUT2D eigenvalue weighted by atomic mass is 10.1. The van der Waals surface area contributed by atoms with Crippen molar-refractivity contribution < 1.29 is 19.4 Å². The van der Waals surface area contributed by atoms with E-state index in [1.54, 1.807) is 31.4 Å². The Kier molecular flexibility index (Phi) is 6.17. The van der Waals surface area contributed by atoms with E-state index in [9.17, 15) is 4.79 Å². The van der Waals surface area contributed by atoms with Gasteiger partial charge in [-0.1, -0.05) is 30.3 Å². The maximum Gasteiger partial charge on any atom is 0.335 e. The van der Waals surface area contributed by atoms with Crippen LogP contribution in [0, 0.1) is 6.92 Å². The third-order valence-corrected chi connectivity index (χ3v) is 4.50. The van der Waals surface area contributed by atoms with Crippen LogP contribution < -0.4 is 14.8 Å². The van der Waals surface area contributed by atoms with Crippen LogP contribution in [0.5, 0.6) is 11.5 Å². The van der Waals surface area contributed by atoms with Gasteiger partial charge in [0.1, 0.15) is 6.61 Å². The summed E-state index contributed by atoms with van der Waals surface area (Å²) in [5.41, 5.74) is 4.48. The average Bonchev–Trinajstić information content (AvgIpc) is 2.72. The first-order chi connectivity index (χ1) is 13.6. The van der Waals surface area contributed by atoms with Crippen LogP contribution in [0.3, 0.4) is 0 Å². The Morgan fingerprint density at radius 2 is 1.75 bits per heavy atom. The quantitative estimate of drug-likeness (QED) is 0.585. The number of nitrogens with one attached hydrogen (secondary N) is 1. The zero-order chi connectivity index (χ0) is 19.9. The fourth-order valence-electron chi connectivity index (χ4n) is 2.80. The number of anilines is 1. The Morgan fingerprint density at radius 1 is 1.00 bits per heavy atom. The zero-order valence-electron chi connectivity index (χ0n) is 15.9. The summed E-state index contributed by atoms with van der Waals surface area (Å²) in [4.78, 5) is 10.9. The minimum Gasteiger partial charge on any atom is -0.493 e. The number of methoxy groups -OCH3 is 1. The first-order valence-corrected chi connectivity index (χ1v) is 8.98. The van der Waals surface area contributed by atoms with E-state index in [1.807, 2.05) is 30.3 Å². The van der Waals surface area contributed by atoms with Gasteiger partial charge in [-0.25, -0.2) is 4.79 Å². The molecule has 0 aliphatic rings. The van der Waals surface area contributed by atoms with Crippen LogP contribution in [0.25, 0.3) is 0 Å². The number of benzene rings is 3. The van der Waals surface area contributed by atoms with Crippen LogP contribution in [-0.2, 0) is 13.2 Å². The van der Waals surface area contributed by atoms with Crippen molar-refractivity contribution in [2.75, 3.05) is 12.4 Å². The summed E-state index contributed by atoms with van der Waals surface area (Å²) in [6.07, 6.45) is 0. The smallest absolute Gasteiger partial charge is 0.335 e. The summed E-state index contributed by atoms with van der Waals surface area (Å²) in [5, 5.41) is 12.2. The highest BCUT2D eigenvalue weighted by molar-refractivity contribution is 5.88. The molecular weight excluding hydrogens is 354 g/mol. The highest BCUT2D eigenvalue weighted by Crippen LogP contribution is 2.29. The number of hydrogen-bond donors (Lipinski definition) is 2. The number of carbonyl (C=O) groups is 1. The molecule has 0 aliphatic carbocycles. The number of carboxylic acid groups (broad SMARTS) is 1. The fourth-order valence-corrected chi connectivity index (χ4v) is 2.80. The molecule has 5 heteroatoms. The molecule has 0 heterocycles. The summed E-state index contributed by atoms with van der Waals surface area (Å²) in [5.74, 6) is 0.437. The molecule has 0 aliphatic heterocycles. The number of hydrogen-bond acceptors (Lipinski definition) is 4. The van der Waals surface area contributed by atoms with Crippen LogP contribution in [0.2, 0.25) is 0 Å². The Labute approximate surface area is 164 Å². The highest BCUT2D eigenvalue weighted by atomic mass is 16.5. The van der Waals surface area contributed by atoms with Crippen LogP contribution in [0.15, 0.2) is 66.7 Å². The van der Waals surface area contributed by atoms with E-state index in [-0.39, 0.29) is 5.56 Å². The van der Waals surface area contributed by atoms with Crippen molar-refractivity contribution in [1.82, 2.24) is 0 Å². The maximum absolute atomic E-state index is 10.9. The molecule has 3 aromatic carbocycles. The third-order valence-electron chi connectivity index (χ3n) is 4.50. The molecule has 0 spiro atoms. The van der Waals surface area contributed by atoms with E-state index in [2.05, 4.69) is 24.4 Å². The summed E-state index contributed by atoms with van der Waals surface area (Å²) in [6.45, 7) is 3.13. The third kappa shape index (κ3) is 4.82. The number of carboxylic acids is 1. The first-order valence-electron chi connectivity index (χ1n) is 8.98. The van der Waals surface area contributed by atoms with Crippen LogP contribution in [0.4, 0.5) is 5.69 Å². The lowest BCUT2D eigenvalue weighted by molar-refractivity contribution is 0.0697. The first kappa shape index (κ1) is 19.3. The molecule has 2 N–H and O–H groups in total. The molecule has 0 radical (unpaired) electrons. The predicted octanol–water partition coefficient (Wildman–Crippen LogP) is 4.89. The Bertz CT molecular complexity index is 951. The molecule has 3 aromatic rings. The van der Waals surface area contributed by atoms with Gasteiger partial charge in [0.25, 0.3) is 0 Å². The second-order valence-corrected chi connectivity index (χ2v) is 6.44. The molecule has 0 saturated heterocycles. The van der Waals surface area contributed by atoms with Crippen molar-refractivity contribution in [3.63, 3.8) is 0 Å². The monoisotopic (exact) mass is 377 g/mol. The molecule has 0 fully saturated rings. The normalized spacial score (nSPS) is 10.4. The van der Waals surface area contributed by atoms with Gasteiger partial charge in [-0.15, -0.1) is 0 Å². The standard InChI is InChI=1S/C23H23NO4/c1-16-5-3-4-6-19(16)15-28-21-12-7-17(13-22(21)27-2)14-24-20-10-8-18(9-11-20)23(25)26/h3-13,24H,14-15H2,1-2H3,(H,25,26). The number of ether oxygens (including phenoxy) is 2. The van der Waals surface area contributed by atoms with Crippen molar-refractivity contribution in [2.45, 2.75) is 20.1 Å².